The molecule has 4 rings (SSSR count). The Kier molecular flexibility index (Phi) is 3.11. The van der Waals surface area contributed by atoms with Crippen LogP contribution in [-0.2, 0) is 4.79 Å². The van der Waals surface area contributed by atoms with Gasteiger partial charge in [0.15, 0.2) is 0 Å². The number of likely N-dealkylation sites (tertiary alicyclic amines) is 1. The van der Waals surface area contributed by atoms with Gasteiger partial charge in [0.2, 0.25) is 5.91 Å². The van der Waals surface area contributed by atoms with Gasteiger partial charge in [0.1, 0.15) is 0 Å². The molecule has 110 valence electrons. The molecule has 0 aromatic carbocycles. The number of hydrogen-bond acceptors (Lipinski definition) is 3. The molecule has 2 saturated heterocycles. The molecule has 20 heavy (non-hydrogen) atoms. The van der Waals surface area contributed by atoms with Crippen molar-refractivity contribution in [3.05, 3.63) is 12.2 Å². The Balaban J connectivity index is 1.53. The molecule has 4 heteroatoms. The predicted molar refractivity (Wildman–Crippen MR) is 78.3 cm³/mol. The quantitative estimate of drug-likeness (QED) is 0.759. The number of carbonyl (C=O) groups excluding carboxylic acids is 1. The predicted octanol–water partition coefficient (Wildman–Crippen LogP) is 0.849. The van der Waals surface area contributed by atoms with E-state index in [9.17, 15) is 4.79 Å². The van der Waals surface area contributed by atoms with Crippen LogP contribution in [0.4, 0.5) is 0 Å². The third-order valence-electron chi connectivity index (χ3n) is 5.93. The second-order valence-corrected chi connectivity index (χ2v) is 7.03. The molecule has 3 fully saturated rings. The molecule has 2 atom stereocenters. The minimum Gasteiger partial charge on any atom is -0.335 e. The molecule has 1 N–H and O–H groups in total. The fourth-order valence-corrected chi connectivity index (χ4v) is 4.77. The Labute approximate surface area is 121 Å². The molecular formula is C16H25N3O. The van der Waals surface area contributed by atoms with Gasteiger partial charge in [-0.15, -0.1) is 0 Å². The van der Waals surface area contributed by atoms with Crippen LogP contribution in [0.2, 0.25) is 0 Å². The topological polar surface area (TPSA) is 35.6 Å². The summed E-state index contributed by atoms with van der Waals surface area (Å²) in [6, 6.07) is 0.752. The Morgan fingerprint density at radius 1 is 1.20 bits per heavy atom. The van der Waals surface area contributed by atoms with Gasteiger partial charge in [0.05, 0.1) is 5.41 Å². The summed E-state index contributed by atoms with van der Waals surface area (Å²) in [4.78, 5) is 17.7. The van der Waals surface area contributed by atoms with Gasteiger partial charge in [-0.2, -0.15) is 0 Å². The van der Waals surface area contributed by atoms with Crippen molar-refractivity contribution in [3.8, 4) is 0 Å². The van der Waals surface area contributed by atoms with Gasteiger partial charge in [-0.05, 0) is 12.8 Å². The van der Waals surface area contributed by atoms with E-state index in [0.29, 0.717) is 11.8 Å². The molecule has 4 nitrogen and oxygen atoms in total. The number of fused-ring (bicyclic) bond motifs is 1. The van der Waals surface area contributed by atoms with E-state index in [2.05, 4.69) is 22.4 Å². The van der Waals surface area contributed by atoms with Gasteiger partial charge in [0, 0.05) is 51.2 Å². The van der Waals surface area contributed by atoms with Crippen molar-refractivity contribution in [1.82, 2.24) is 15.1 Å². The minimum atomic E-state index is -0.130. The van der Waals surface area contributed by atoms with E-state index in [1.165, 1.54) is 25.7 Å². The van der Waals surface area contributed by atoms with Crippen molar-refractivity contribution in [2.24, 2.45) is 11.3 Å². The van der Waals surface area contributed by atoms with Crippen LogP contribution in [0.25, 0.3) is 0 Å². The van der Waals surface area contributed by atoms with Crippen LogP contribution in [0.5, 0.6) is 0 Å². The number of nitrogens with one attached hydrogen (secondary N) is 1. The number of hydrogen-bond donors (Lipinski definition) is 1. The van der Waals surface area contributed by atoms with Crippen molar-refractivity contribution >= 4 is 5.91 Å². The Bertz CT molecular complexity index is 421. The largest absolute Gasteiger partial charge is 0.335 e. The molecule has 1 saturated carbocycles. The molecule has 0 aromatic rings. The van der Waals surface area contributed by atoms with Crippen molar-refractivity contribution in [2.45, 2.75) is 31.7 Å². The summed E-state index contributed by atoms with van der Waals surface area (Å²) in [5.74, 6) is 0.925. The normalized spacial score (nSPS) is 38.0. The van der Waals surface area contributed by atoms with E-state index >= 15 is 0 Å². The van der Waals surface area contributed by atoms with E-state index in [-0.39, 0.29) is 5.41 Å². The summed E-state index contributed by atoms with van der Waals surface area (Å²) < 4.78 is 0. The highest BCUT2D eigenvalue weighted by Crippen LogP contribution is 2.43. The summed E-state index contributed by atoms with van der Waals surface area (Å²) in [6.45, 7) is 5.66. The van der Waals surface area contributed by atoms with Crippen LogP contribution in [-0.4, -0.2) is 61.0 Å². The fraction of sp³-hybridized carbons (Fsp3) is 0.812. The molecular weight excluding hydrogens is 250 g/mol. The standard InChI is InChI=1S/C16H25N3O/c20-15(18-7-3-4-8-18)16-11-17-9-13(16)10-19(12-16)14-5-1-2-6-14/h3-4,13-14,17H,1-2,5-12H2/t13-,16-/m1/s1. The van der Waals surface area contributed by atoms with Crippen LogP contribution >= 0.6 is 0 Å². The molecule has 0 spiro atoms. The van der Waals surface area contributed by atoms with E-state index in [1.54, 1.807) is 0 Å². The molecule has 0 bridgehead atoms. The van der Waals surface area contributed by atoms with Gasteiger partial charge < -0.3 is 10.2 Å². The van der Waals surface area contributed by atoms with Crippen molar-refractivity contribution in [1.29, 1.82) is 0 Å². The number of rotatable bonds is 2. The summed E-state index contributed by atoms with van der Waals surface area (Å²) in [5.41, 5.74) is -0.130. The zero-order valence-electron chi connectivity index (χ0n) is 12.2. The number of carbonyl (C=O) groups is 1. The maximum atomic E-state index is 13.0. The lowest BCUT2D eigenvalue weighted by molar-refractivity contribution is -0.140. The minimum absolute atomic E-state index is 0.130. The first-order valence-electron chi connectivity index (χ1n) is 8.19. The molecule has 1 aliphatic carbocycles. The van der Waals surface area contributed by atoms with E-state index < -0.39 is 0 Å². The third-order valence-corrected chi connectivity index (χ3v) is 5.93. The maximum Gasteiger partial charge on any atom is 0.232 e. The van der Waals surface area contributed by atoms with Gasteiger partial charge in [0.25, 0.3) is 0 Å². The highest BCUT2D eigenvalue weighted by molar-refractivity contribution is 5.85. The number of nitrogens with zero attached hydrogens (tertiary/aromatic N) is 2. The molecule has 4 aliphatic rings. The molecule has 0 radical (unpaired) electrons. The summed E-state index contributed by atoms with van der Waals surface area (Å²) in [6.07, 6.45) is 9.68. The second-order valence-electron chi connectivity index (χ2n) is 7.03. The molecule has 3 aliphatic heterocycles. The lowest BCUT2D eigenvalue weighted by atomic mass is 9.79. The average molecular weight is 275 g/mol. The summed E-state index contributed by atoms with van der Waals surface area (Å²) in [7, 11) is 0. The smallest absolute Gasteiger partial charge is 0.232 e. The lowest BCUT2D eigenvalue weighted by Crippen LogP contribution is -2.49. The summed E-state index contributed by atoms with van der Waals surface area (Å²) >= 11 is 0. The Morgan fingerprint density at radius 2 is 1.95 bits per heavy atom. The molecule has 3 heterocycles. The first-order chi connectivity index (χ1) is 9.79. The SMILES string of the molecule is O=C(N1CC=CC1)[C@@]12CNC[C@@H]1CN(C1CCCC1)C2. The van der Waals surface area contributed by atoms with Gasteiger partial charge in [-0.1, -0.05) is 25.0 Å². The van der Waals surface area contributed by atoms with Crippen LogP contribution in [0.3, 0.4) is 0 Å². The Morgan fingerprint density at radius 3 is 2.70 bits per heavy atom. The van der Waals surface area contributed by atoms with E-state index in [4.69, 9.17) is 0 Å². The molecule has 1 amide bonds. The molecule has 0 unspecified atom stereocenters. The lowest BCUT2D eigenvalue weighted by Gasteiger charge is -2.32. The van der Waals surface area contributed by atoms with Crippen molar-refractivity contribution < 1.29 is 4.79 Å². The number of amides is 1. The first kappa shape index (κ1) is 12.8. The van der Waals surface area contributed by atoms with E-state index in [1.807, 2.05) is 4.90 Å². The monoisotopic (exact) mass is 275 g/mol. The second kappa shape index (κ2) is 4.85. The van der Waals surface area contributed by atoms with E-state index in [0.717, 1.165) is 45.3 Å². The van der Waals surface area contributed by atoms with Crippen LogP contribution in [0.15, 0.2) is 12.2 Å². The average Bonchev–Trinajstić information content (AvgIpc) is 3.20. The fourth-order valence-electron chi connectivity index (χ4n) is 4.77. The van der Waals surface area contributed by atoms with Crippen LogP contribution < -0.4 is 5.32 Å². The van der Waals surface area contributed by atoms with Crippen molar-refractivity contribution in [3.63, 3.8) is 0 Å². The Hall–Kier alpha value is -0.870. The highest BCUT2D eigenvalue weighted by Gasteiger charge is 2.56. The van der Waals surface area contributed by atoms with Crippen LogP contribution in [0.1, 0.15) is 25.7 Å². The zero-order valence-corrected chi connectivity index (χ0v) is 12.2. The van der Waals surface area contributed by atoms with Crippen LogP contribution in [0, 0.1) is 11.3 Å². The van der Waals surface area contributed by atoms with Gasteiger partial charge >= 0.3 is 0 Å². The first-order valence-corrected chi connectivity index (χ1v) is 8.19. The highest BCUT2D eigenvalue weighted by atomic mass is 16.2. The molecule has 0 aromatic heterocycles. The third kappa shape index (κ3) is 1.85. The van der Waals surface area contributed by atoms with Crippen molar-refractivity contribution in [2.75, 3.05) is 39.3 Å². The zero-order chi connectivity index (χ0) is 13.6. The van der Waals surface area contributed by atoms with Gasteiger partial charge in [-0.3, -0.25) is 9.69 Å². The summed E-state index contributed by atoms with van der Waals surface area (Å²) in [5, 5.41) is 3.49. The van der Waals surface area contributed by atoms with Gasteiger partial charge in [-0.25, -0.2) is 0 Å². The maximum absolute atomic E-state index is 13.0.